The number of esters is 1. The standard InChI is InChI=1S/C13H24N2O3.ClH/c1-4-13(2,12(17)18-3)15-11(16)8-9-6-5-7-10(9)14;/h9-10H,4-8,14H2,1-3H3,(H,15,16);1H/t9-,10+,13?;/m0./s1. The van der Waals surface area contributed by atoms with Crippen LogP contribution in [0.4, 0.5) is 0 Å². The molecule has 0 spiro atoms. The van der Waals surface area contributed by atoms with Gasteiger partial charge < -0.3 is 15.8 Å². The number of ether oxygens (including phenoxy) is 1. The highest BCUT2D eigenvalue weighted by molar-refractivity contribution is 5.87. The molecule has 0 saturated heterocycles. The fourth-order valence-electron chi connectivity index (χ4n) is 2.42. The summed E-state index contributed by atoms with van der Waals surface area (Å²) in [7, 11) is 1.33. The van der Waals surface area contributed by atoms with Gasteiger partial charge in [0.15, 0.2) is 0 Å². The molecule has 1 unspecified atom stereocenters. The van der Waals surface area contributed by atoms with E-state index in [2.05, 4.69) is 5.32 Å². The molecule has 0 bridgehead atoms. The van der Waals surface area contributed by atoms with Crippen molar-refractivity contribution in [2.45, 2.75) is 57.5 Å². The molecule has 5 nitrogen and oxygen atoms in total. The molecular weight excluding hydrogens is 268 g/mol. The number of nitrogens with two attached hydrogens (primary N) is 1. The van der Waals surface area contributed by atoms with E-state index in [1.54, 1.807) is 6.92 Å². The van der Waals surface area contributed by atoms with Gasteiger partial charge in [0.05, 0.1) is 7.11 Å². The number of amides is 1. The highest BCUT2D eigenvalue weighted by Crippen LogP contribution is 2.27. The van der Waals surface area contributed by atoms with E-state index in [-0.39, 0.29) is 30.3 Å². The number of hydrogen-bond acceptors (Lipinski definition) is 4. The smallest absolute Gasteiger partial charge is 0.331 e. The summed E-state index contributed by atoms with van der Waals surface area (Å²) in [6, 6.07) is 0.113. The largest absolute Gasteiger partial charge is 0.467 e. The van der Waals surface area contributed by atoms with E-state index >= 15 is 0 Å². The molecule has 3 N–H and O–H groups in total. The van der Waals surface area contributed by atoms with Crippen LogP contribution in [0, 0.1) is 5.92 Å². The zero-order valence-corrected chi connectivity index (χ0v) is 12.7. The quantitative estimate of drug-likeness (QED) is 0.750. The zero-order valence-electron chi connectivity index (χ0n) is 11.9. The van der Waals surface area contributed by atoms with Gasteiger partial charge in [0.2, 0.25) is 5.91 Å². The van der Waals surface area contributed by atoms with Crippen LogP contribution < -0.4 is 11.1 Å². The topological polar surface area (TPSA) is 81.4 Å². The summed E-state index contributed by atoms with van der Waals surface area (Å²) < 4.78 is 4.72. The third-order valence-electron chi connectivity index (χ3n) is 3.92. The first-order chi connectivity index (χ1) is 8.42. The van der Waals surface area contributed by atoms with Crippen LogP contribution in [-0.4, -0.2) is 30.6 Å². The number of carbonyl (C=O) groups is 2. The molecule has 0 aromatic carbocycles. The Morgan fingerprint density at radius 1 is 1.42 bits per heavy atom. The van der Waals surface area contributed by atoms with Crippen LogP contribution in [0.15, 0.2) is 0 Å². The SMILES string of the molecule is CCC(C)(NC(=O)C[C@@H]1CCC[C@H]1N)C(=O)OC.Cl. The first-order valence-electron chi connectivity index (χ1n) is 6.58. The Hall–Kier alpha value is -0.810. The summed E-state index contributed by atoms with van der Waals surface area (Å²) in [6.07, 6.45) is 3.96. The van der Waals surface area contributed by atoms with Crippen molar-refractivity contribution in [3.05, 3.63) is 0 Å². The average Bonchev–Trinajstić information content (AvgIpc) is 2.73. The van der Waals surface area contributed by atoms with Crippen LogP contribution in [0.1, 0.15) is 46.0 Å². The summed E-state index contributed by atoms with van der Waals surface area (Å²) in [5.41, 5.74) is 5.00. The Morgan fingerprint density at radius 3 is 2.47 bits per heavy atom. The van der Waals surface area contributed by atoms with Gasteiger partial charge in [-0.15, -0.1) is 12.4 Å². The van der Waals surface area contributed by atoms with Gasteiger partial charge >= 0.3 is 5.97 Å². The molecule has 1 aliphatic rings. The van der Waals surface area contributed by atoms with Crippen molar-refractivity contribution in [1.29, 1.82) is 0 Å². The van der Waals surface area contributed by atoms with Crippen molar-refractivity contribution in [2.24, 2.45) is 11.7 Å². The predicted octanol–water partition coefficient (Wildman–Crippen LogP) is 1.38. The molecule has 19 heavy (non-hydrogen) atoms. The van der Waals surface area contributed by atoms with E-state index in [4.69, 9.17) is 10.5 Å². The van der Waals surface area contributed by atoms with Gasteiger partial charge in [0.1, 0.15) is 5.54 Å². The summed E-state index contributed by atoms with van der Waals surface area (Å²) in [4.78, 5) is 23.6. The molecule has 0 heterocycles. The third kappa shape index (κ3) is 4.66. The summed E-state index contributed by atoms with van der Waals surface area (Å²) in [5, 5.41) is 2.77. The molecule has 3 atom stereocenters. The summed E-state index contributed by atoms with van der Waals surface area (Å²) in [5.74, 6) is -0.287. The van der Waals surface area contributed by atoms with Crippen LogP contribution in [0.3, 0.4) is 0 Å². The highest BCUT2D eigenvalue weighted by atomic mass is 35.5. The molecule has 1 saturated carbocycles. The van der Waals surface area contributed by atoms with E-state index in [0.29, 0.717) is 12.8 Å². The summed E-state index contributed by atoms with van der Waals surface area (Å²) in [6.45, 7) is 3.53. The minimum absolute atomic E-state index is 0. The van der Waals surface area contributed by atoms with Gasteiger partial charge in [-0.2, -0.15) is 0 Å². The van der Waals surface area contributed by atoms with Crippen molar-refractivity contribution >= 4 is 24.3 Å². The monoisotopic (exact) mass is 292 g/mol. The van der Waals surface area contributed by atoms with Gasteiger partial charge in [-0.1, -0.05) is 13.3 Å². The molecule has 6 heteroatoms. The Labute approximate surface area is 121 Å². The Kier molecular flexibility index (Phi) is 7.37. The van der Waals surface area contributed by atoms with E-state index in [1.165, 1.54) is 7.11 Å². The Balaban J connectivity index is 0.00000324. The normalized spacial score (nSPS) is 25.1. The van der Waals surface area contributed by atoms with Crippen molar-refractivity contribution in [3.63, 3.8) is 0 Å². The van der Waals surface area contributed by atoms with Crippen molar-refractivity contribution in [2.75, 3.05) is 7.11 Å². The molecule has 0 radical (unpaired) electrons. The molecule has 1 amide bonds. The molecule has 112 valence electrons. The molecular formula is C13H25ClN2O3. The number of nitrogens with one attached hydrogen (secondary N) is 1. The second-order valence-corrected chi connectivity index (χ2v) is 5.28. The molecule has 1 fully saturated rings. The Bertz CT molecular complexity index is 325. The second-order valence-electron chi connectivity index (χ2n) is 5.28. The van der Waals surface area contributed by atoms with E-state index < -0.39 is 11.5 Å². The molecule has 0 aromatic rings. The van der Waals surface area contributed by atoms with E-state index in [1.807, 2.05) is 6.92 Å². The first-order valence-corrected chi connectivity index (χ1v) is 6.58. The average molecular weight is 293 g/mol. The van der Waals surface area contributed by atoms with Gasteiger partial charge in [-0.25, -0.2) is 4.79 Å². The lowest BCUT2D eigenvalue weighted by Crippen LogP contribution is -2.52. The lowest BCUT2D eigenvalue weighted by atomic mass is 9.96. The zero-order chi connectivity index (χ0) is 13.8. The van der Waals surface area contributed by atoms with Crippen LogP contribution in [0.2, 0.25) is 0 Å². The maximum atomic E-state index is 12.0. The van der Waals surface area contributed by atoms with Gasteiger partial charge in [0, 0.05) is 12.5 Å². The summed E-state index contributed by atoms with van der Waals surface area (Å²) >= 11 is 0. The van der Waals surface area contributed by atoms with Crippen LogP contribution in [0.5, 0.6) is 0 Å². The molecule has 1 aliphatic carbocycles. The minimum Gasteiger partial charge on any atom is -0.467 e. The lowest BCUT2D eigenvalue weighted by molar-refractivity contribution is -0.150. The van der Waals surface area contributed by atoms with Gasteiger partial charge in [-0.3, -0.25) is 4.79 Å². The predicted molar refractivity (Wildman–Crippen MR) is 76.0 cm³/mol. The number of hydrogen-bond donors (Lipinski definition) is 2. The number of rotatable bonds is 5. The Morgan fingerprint density at radius 2 is 2.05 bits per heavy atom. The van der Waals surface area contributed by atoms with Gasteiger partial charge in [0.25, 0.3) is 0 Å². The van der Waals surface area contributed by atoms with Crippen molar-refractivity contribution in [1.82, 2.24) is 5.32 Å². The van der Waals surface area contributed by atoms with Crippen molar-refractivity contribution in [3.8, 4) is 0 Å². The molecule has 0 aliphatic heterocycles. The van der Waals surface area contributed by atoms with E-state index in [9.17, 15) is 9.59 Å². The highest BCUT2D eigenvalue weighted by Gasteiger charge is 2.35. The fraction of sp³-hybridized carbons (Fsp3) is 0.846. The first kappa shape index (κ1) is 18.2. The van der Waals surface area contributed by atoms with Crippen LogP contribution in [0.25, 0.3) is 0 Å². The van der Waals surface area contributed by atoms with Gasteiger partial charge in [-0.05, 0) is 32.1 Å². The van der Waals surface area contributed by atoms with E-state index in [0.717, 1.165) is 19.3 Å². The minimum atomic E-state index is -0.936. The maximum absolute atomic E-state index is 12.0. The molecule has 1 rings (SSSR count). The third-order valence-corrected chi connectivity index (χ3v) is 3.92. The second kappa shape index (κ2) is 7.70. The van der Waals surface area contributed by atoms with Crippen molar-refractivity contribution < 1.29 is 14.3 Å². The number of carbonyl (C=O) groups excluding carboxylic acids is 2. The number of methoxy groups -OCH3 is 1. The molecule has 0 aromatic heterocycles. The fourth-order valence-corrected chi connectivity index (χ4v) is 2.42. The van der Waals surface area contributed by atoms with Crippen LogP contribution >= 0.6 is 12.4 Å². The lowest BCUT2D eigenvalue weighted by Gasteiger charge is -2.27. The number of halogens is 1. The van der Waals surface area contributed by atoms with Crippen LogP contribution in [-0.2, 0) is 14.3 Å². The maximum Gasteiger partial charge on any atom is 0.331 e.